The number of carbonyl (C=O) groups excluding carboxylic acids is 1. The second-order valence-electron chi connectivity index (χ2n) is 5.14. The Bertz CT molecular complexity index is 228. The van der Waals surface area contributed by atoms with E-state index in [1.165, 1.54) is 25.8 Å². The molecule has 2 saturated heterocycles. The second-order valence-corrected chi connectivity index (χ2v) is 5.14. The first-order chi connectivity index (χ1) is 7.74. The number of amides is 1. The molecule has 0 aliphatic carbocycles. The number of hydrogen-bond acceptors (Lipinski definition) is 3. The minimum absolute atomic E-state index is 0.197. The first-order valence-corrected chi connectivity index (χ1v) is 6.50. The molecular weight excluding hydrogens is 202 g/mol. The number of piperidine rings is 1. The van der Waals surface area contributed by atoms with Crippen LogP contribution >= 0.6 is 0 Å². The Balaban J connectivity index is 1.66. The summed E-state index contributed by atoms with van der Waals surface area (Å²) >= 11 is 0. The molecule has 3 N–H and O–H groups in total. The first kappa shape index (κ1) is 11.9. The van der Waals surface area contributed by atoms with Crippen LogP contribution in [-0.2, 0) is 4.79 Å². The summed E-state index contributed by atoms with van der Waals surface area (Å²) in [5, 5.41) is 10.0. The van der Waals surface area contributed by atoms with Gasteiger partial charge in [0.25, 0.3) is 0 Å². The zero-order valence-corrected chi connectivity index (χ0v) is 10.1. The van der Waals surface area contributed by atoms with E-state index in [1.807, 2.05) is 0 Å². The lowest BCUT2D eigenvalue weighted by atomic mass is 10.0. The molecule has 2 aliphatic heterocycles. The summed E-state index contributed by atoms with van der Waals surface area (Å²) in [6.07, 6.45) is 5.48. The lowest BCUT2D eigenvalue weighted by molar-refractivity contribution is -0.122. The van der Waals surface area contributed by atoms with Gasteiger partial charge in [0, 0.05) is 31.1 Å². The Morgan fingerprint density at radius 2 is 2.38 bits per heavy atom. The third-order valence-corrected chi connectivity index (χ3v) is 3.59. The molecule has 0 aromatic carbocycles. The van der Waals surface area contributed by atoms with Gasteiger partial charge >= 0.3 is 0 Å². The van der Waals surface area contributed by atoms with E-state index in [1.54, 1.807) is 0 Å². The molecule has 16 heavy (non-hydrogen) atoms. The molecule has 0 bridgehead atoms. The van der Waals surface area contributed by atoms with Gasteiger partial charge in [0.15, 0.2) is 0 Å². The minimum Gasteiger partial charge on any atom is -0.355 e. The predicted octanol–water partition coefficient (Wildman–Crippen LogP) is 0.385. The number of rotatable bonds is 4. The number of carbonyl (C=O) groups is 1. The van der Waals surface area contributed by atoms with E-state index >= 15 is 0 Å². The lowest BCUT2D eigenvalue weighted by Crippen LogP contribution is -2.49. The van der Waals surface area contributed by atoms with E-state index in [2.05, 4.69) is 22.9 Å². The van der Waals surface area contributed by atoms with Crippen LogP contribution in [0, 0.1) is 0 Å². The highest BCUT2D eigenvalue weighted by atomic mass is 16.1. The SMILES string of the molecule is CC(CC1CCCN1)NC1CCC(=O)NC1. The van der Waals surface area contributed by atoms with Crippen LogP contribution < -0.4 is 16.0 Å². The highest BCUT2D eigenvalue weighted by Gasteiger charge is 2.21. The highest BCUT2D eigenvalue weighted by Crippen LogP contribution is 2.12. The van der Waals surface area contributed by atoms with Crippen molar-refractivity contribution in [3.8, 4) is 0 Å². The van der Waals surface area contributed by atoms with E-state index in [0.717, 1.165) is 13.0 Å². The molecule has 2 fully saturated rings. The average Bonchev–Trinajstić information content (AvgIpc) is 2.74. The van der Waals surface area contributed by atoms with Gasteiger partial charge in [-0.2, -0.15) is 0 Å². The standard InChI is InChI=1S/C12H23N3O/c1-9(7-10-3-2-6-13-10)15-11-4-5-12(16)14-8-11/h9-11,13,15H,2-8H2,1H3,(H,14,16). The molecule has 0 aromatic rings. The van der Waals surface area contributed by atoms with E-state index in [9.17, 15) is 4.79 Å². The van der Waals surface area contributed by atoms with Crippen molar-refractivity contribution in [2.75, 3.05) is 13.1 Å². The predicted molar refractivity (Wildman–Crippen MR) is 64.3 cm³/mol. The summed E-state index contributed by atoms with van der Waals surface area (Å²) in [4.78, 5) is 11.0. The summed E-state index contributed by atoms with van der Waals surface area (Å²) in [7, 11) is 0. The smallest absolute Gasteiger partial charge is 0.220 e. The van der Waals surface area contributed by atoms with Gasteiger partial charge in [-0.15, -0.1) is 0 Å². The molecule has 4 nitrogen and oxygen atoms in total. The van der Waals surface area contributed by atoms with Crippen LogP contribution in [0.1, 0.15) is 39.0 Å². The highest BCUT2D eigenvalue weighted by molar-refractivity contribution is 5.76. The van der Waals surface area contributed by atoms with Crippen molar-refractivity contribution in [2.24, 2.45) is 0 Å². The molecule has 4 heteroatoms. The fourth-order valence-electron chi connectivity index (χ4n) is 2.73. The molecular formula is C12H23N3O. The second kappa shape index (κ2) is 5.64. The third-order valence-electron chi connectivity index (χ3n) is 3.59. The Labute approximate surface area is 97.6 Å². The Morgan fingerprint density at radius 3 is 3.00 bits per heavy atom. The summed E-state index contributed by atoms with van der Waals surface area (Å²) in [6.45, 7) is 4.22. The van der Waals surface area contributed by atoms with Crippen LogP contribution in [0.15, 0.2) is 0 Å². The minimum atomic E-state index is 0.197. The Kier molecular flexibility index (Phi) is 4.18. The summed E-state index contributed by atoms with van der Waals surface area (Å²) in [5.74, 6) is 0.197. The average molecular weight is 225 g/mol. The monoisotopic (exact) mass is 225 g/mol. The maximum Gasteiger partial charge on any atom is 0.220 e. The van der Waals surface area contributed by atoms with E-state index in [0.29, 0.717) is 24.5 Å². The normalized spacial score (nSPS) is 32.4. The van der Waals surface area contributed by atoms with Crippen molar-refractivity contribution in [3.63, 3.8) is 0 Å². The van der Waals surface area contributed by atoms with Crippen molar-refractivity contribution < 1.29 is 4.79 Å². The van der Waals surface area contributed by atoms with Crippen LogP contribution in [0.25, 0.3) is 0 Å². The molecule has 0 saturated carbocycles. The van der Waals surface area contributed by atoms with Crippen molar-refractivity contribution >= 4 is 5.91 Å². The Morgan fingerprint density at radius 1 is 1.50 bits per heavy atom. The fourth-order valence-corrected chi connectivity index (χ4v) is 2.73. The molecule has 0 radical (unpaired) electrons. The quantitative estimate of drug-likeness (QED) is 0.648. The van der Waals surface area contributed by atoms with Crippen molar-refractivity contribution in [2.45, 2.75) is 57.2 Å². The zero-order valence-electron chi connectivity index (χ0n) is 10.1. The molecule has 2 rings (SSSR count). The van der Waals surface area contributed by atoms with Crippen LogP contribution in [0.5, 0.6) is 0 Å². The van der Waals surface area contributed by atoms with Crippen molar-refractivity contribution in [1.82, 2.24) is 16.0 Å². The topological polar surface area (TPSA) is 53.2 Å². The maximum atomic E-state index is 11.0. The van der Waals surface area contributed by atoms with E-state index in [4.69, 9.17) is 0 Å². The van der Waals surface area contributed by atoms with Crippen LogP contribution in [-0.4, -0.2) is 37.1 Å². The van der Waals surface area contributed by atoms with Crippen molar-refractivity contribution in [3.05, 3.63) is 0 Å². The molecule has 3 atom stereocenters. The van der Waals surface area contributed by atoms with Crippen molar-refractivity contribution in [1.29, 1.82) is 0 Å². The van der Waals surface area contributed by atoms with Gasteiger partial charge in [0.1, 0.15) is 0 Å². The van der Waals surface area contributed by atoms with Gasteiger partial charge < -0.3 is 16.0 Å². The Hall–Kier alpha value is -0.610. The van der Waals surface area contributed by atoms with Gasteiger partial charge in [-0.3, -0.25) is 4.79 Å². The van der Waals surface area contributed by atoms with Gasteiger partial charge in [-0.25, -0.2) is 0 Å². The fraction of sp³-hybridized carbons (Fsp3) is 0.917. The van der Waals surface area contributed by atoms with Crippen LogP contribution in [0.2, 0.25) is 0 Å². The third kappa shape index (κ3) is 3.46. The largest absolute Gasteiger partial charge is 0.355 e. The summed E-state index contributed by atoms with van der Waals surface area (Å²) in [5.41, 5.74) is 0. The van der Waals surface area contributed by atoms with Crippen LogP contribution in [0.3, 0.4) is 0 Å². The molecule has 0 aromatic heterocycles. The molecule has 0 spiro atoms. The lowest BCUT2D eigenvalue weighted by Gasteiger charge is -2.28. The van der Waals surface area contributed by atoms with Gasteiger partial charge in [0.2, 0.25) is 5.91 Å². The molecule has 2 aliphatic rings. The molecule has 2 heterocycles. The number of nitrogens with one attached hydrogen (secondary N) is 3. The molecule has 3 unspecified atom stereocenters. The zero-order chi connectivity index (χ0) is 11.4. The summed E-state index contributed by atoms with van der Waals surface area (Å²) < 4.78 is 0. The molecule has 92 valence electrons. The first-order valence-electron chi connectivity index (χ1n) is 6.50. The summed E-state index contributed by atoms with van der Waals surface area (Å²) in [6, 6.07) is 1.70. The van der Waals surface area contributed by atoms with E-state index < -0.39 is 0 Å². The maximum absolute atomic E-state index is 11.0. The molecule has 1 amide bonds. The number of hydrogen-bond donors (Lipinski definition) is 3. The van der Waals surface area contributed by atoms with Gasteiger partial charge in [0.05, 0.1) is 0 Å². The van der Waals surface area contributed by atoms with E-state index in [-0.39, 0.29) is 5.91 Å². The van der Waals surface area contributed by atoms with Gasteiger partial charge in [-0.1, -0.05) is 0 Å². The van der Waals surface area contributed by atoms with Gasteiger partial charge in [-0.05, 0) is 39.2 Å². The van der Waals surface area contributed by atoms with Crippen LogP contribution in [0.4, 0.5) is 0 Å².